The van der Waals surface area contributed by atoms with Gasteiger partial charge >= 0.3 is 0 Å². The zero-order valence-electron chi connectivity index (χ0n) is 14.8. The lowest BCUT2D eigenvalue weighted by Crippen LogP contribution is -2.24. The van der Waals surface area contributed by atoms with Gasteiger partial charge in [-0.1, -0.05) is 29.8 Å². The third kappa shape index (κ3) is 4.21. The van der Waals surface area contributed by atoms with Crippen molar-refractivity contribution in [2.45, 2.75) is 22.0 Å². The highest BCUT2D eigenvalue weighted by Gasteiger charge is 2.22. The van der Waals surface area contributed by atoms with E-state index in [1.54, 1.807) is 34.9 Å². The van der Waals surface area contributed by atoms with Crippen LogP contribution in [0.25, 0.3) is 10.4 Å². The summed E-state index contributed by atoms with van der Waals surface area (Å²) in [4.78, 5) is 17.0. The van der Waals surface area contributed by atoms with E-state index in [0.29, 0.717) is 6.54 Å². The monoisotopic (exact) mass is 431 g/mol. The van der Waals surface area contributed by atoms with Crippen LogP contribution in [0, 0.1) is 0 Å². The van der Waals surface area contributed by atoms with Crippen LogP contribution in [-0.2, 0) is 12.2 Å². The molecule has 1 aromatic heterocycles. The van der Waals surface area contributed by atoms with Crippen molar-refractivity contribution in [3.8, 4) is 10.4 Å². The van der Waals surface area contributed by atoms with Gasteiger partial charge in [0.2, 0.25) is 0 Å². The largest absolute Gasteiger partial charge is 0.351 e. The molecule has 2 aromatic carbocycles. The van der Waals surface area contributed by atoms with Gasteiger partial charge < -0.3 is 5.32 Å². The normalized spacial score (nSPS) is 12.4. The third-order valence-corrected chi connectivity index (χ3v) is 7.75. The summed E-state index contributed by atoms with van der Waals surface area (Å²) < 4.78 is 0. The smallest absolute Gasteiger partial charge is 0.261 e. The molecular formula is C21H18ClNOS3. The topological polar surface area (TPSA) is 29.1 Å². The number of hydrogen-bond acceptors (Lipinski definition) is 4. The third-order valence-electron chi connectivity index (χ3n) is 4.46. The maximum atomic E-state index is 12.6. The van der Waals surface area contributed by atoms with Crippen molar-refractivity contribution in [2.24, 2.45) is 0 Å². The van der Waals surface area contributed by atoms with Gasteiger partial charge in [-0.05, 0) is 54.1 Å². The van der Waals surface area contributed by atoms with Crippen LogP contribution in [0.5, 0.6) is 0 Å². The first-order valence-electron chi connectivity index (χ1n) is 8.60. The van der Waals surface area contributed by atoms with Gasteiger partial charge in [0.1, 0.15) is 0 Å². The number of fused-ring (bicyclic) bond motifs is 3. The Labute approximate surface area is 176 Å². The van der Waals surface area contributed by atoms with Crippen LogP contribution in [0.1, 0.15) is 20.8 Å². The molecule has 0 saturated carbocycles. The second kappa shape index (κ2) is 8.31. The van der Waals surface area contributed by atoms with Crippen LogP contribution in [0.4, 0.5) is 0 Å². The first-order valence-corrected chi connectivity index (χ1v) is 12.0. The number of hydrogen-bond donors (Lipinski definition) is 1. The Morgan fingerprint density at radius 3 is 2.78 bits per heavy atom. The molecule has 0 atom stereocenters. The van der Waals surface area contributed by atoms with Gasteiger partial charge in [0.15, 0.2) is 0 Å². The summed E-state index contributed by atoms with van der Waals surface area (Å²) in [7, 11) is 0. The van der Waals surface area contributed by atoms with Crippen molar-refractivity contribution >= 4 is 52.4 Å². The van der Waals surface area contributed by atoms with Gasteiger partial charge in [0.05, 0.1) is 4.88 Å². The number of halogens is 1. The summed E-state index contributed by atoms with van der Waals surface area (Å²) in [6.07, 6.45) is 2.91. The van der Waals surface area contributed by atoms with Gasteiger partial charge in [-0.2, -0.15) is 0 Å². The first kappa shape index (κ1) is 18.9. The number of carbonyl (C=O) groups is 1. The van der Waals surface area contributed by atoms with Crippen molar-refractivity contribution in [3.63, 3.8) is 0 Å². The maximum Gasteiger partial charge on any atom is 0.261 e. The van der Waals surface area contributed by atoms with E-state index < -0.39 is 0 Å². The van der Waals surface area contributed by atoms with E-state index in [2.05, 4.69) is 41.9 Å². The second-order valence-electron chi connectivity index (χ2n) is 6.25. The minimum Gasteiger partial charge on any atom is -0.351 e. The summed E-state index contributed by atoms with van der Waals surface area (Å²) in [5, 5.41) is 3.81. The lowest BCUT2D eigenvalue weighted by Gasteiger charge is -2.15. The molecule has 0 spiro atoms. The van der Waals surface area contributed by atoms with Gasteiger partial charge in [-0.15, -0.1) is 34.9 Å². The molecule has 0 fully saturated rings. The summed E-state index contributed by atoms with van der Waals surface area (Å²) >= 11 is 11.2. The number of benzene rings is 2. The SMILES string of the molecule is CSc1ccc(CCNC(=O)c2cc3c(s2)-c2ccc(Cl)cc2SC3)cc1. The zero-order chi connectivity index (χ0) is 18.8. The number of amides is 1. The number of thioether (sulfide) groups is 2. The lowest BCUT2D eigenvalue weighted by molar-refractivity contribution is 0.0958. The highest BCUT2D eigenvalue weighted by molar-refractivity contribution is 7.99. The molecule has 0 aliphatic carbocycles. The molecule has 4 rings (SSSR count). The molecule has 0 unspecified atom stereocenters. The Hall–Kier alpha value is -1.40. The molecule has 27 heavy (non-hydrogen) atoms. The maximum absolute atomic E-state index is 12.6. The van der Waals surface area contributed by atoms with Crippen molar-refractivity contribution in [1.82, 2.24) is 5.32 Å². The predicted octanol–water partition coefficient (Wildman–Crippen LogP) is 6.37. The highest BCUT2D eigenvalue weighted by atomic mass is 35.5. The fourth-order valence-electron chi connectivity index (χ4n) is 3.03. The molecule has 2 nitrogen and oxygen atoms in total. The Bertz CT molecular complexity index is 982. The summed E-state index contributed by atoms with van der Waals surface area (Å²) in [5.41, 5.74) is 3.65. The number of rotatable bonds is 5. The first-order chi connectivity index (χ1) is 13.1. The molecule has 1 aliphatic heterocycles. The Morgan fingerprint density at radius 1 is 1.19 bits per heavy atom. The van der Waals surface area contributed by atoms with E-state index in [1.165, 1.54) is 31.4 Å². The van der Waals surface area contributed by atoms with Crippen LogP contribution in [0.15, 0.2) is 58.3 Å². The Kier molecular flexibility index (Phi) is 5.83. The fraction of sp³-hybridized carbons (Fsp3) is 0.190. The van der Waals surface area contributed by atoms with Crippen LogP contribution in [-0.4, -0.2) is 18.7 Å². The summed E-state index contributed by atoms with van der Waals surface area (Å²) in [6.45, 7) is 0.640. The van der Waals surface area contributed by atoms with E-state index in [-0.39, 0.29) is 5.91 Å². The lowest BCUT2D eigenvalue weighted by atomic mass is 10.1. The second-order valence-corrected chi connectivity index (χ2v) is 9.63. The molecule has 0 bridgehead atoms. The van der Waals surface area contributed by atoms with E-state index in [0.717, 1.165) is 22.1 Å². The van der Waals surface area contributed by atoms with Crippen LogP contribution < -0.4 is 5.32 Å². The molecule has 0 radical (unpaired) electrons. The number of nitrogens with one attached hydrogen (secondary N) is 1. The van der Waals surface area contributed by atoms with Gasteiger partial charge in [0, 0.05) is 37.6 Å². The van der Waals surface area contributed by atoms with Crippen LogP contribution in [0.3, 0.4) is 0 Å². The average Bonchev–Trinajstić information content (AvgIpc) is 3.13. The molecule has 1 N–H and O–H groups in total. The van der Waals surface area contributed by atoms with Crippen molar-refractivity contribution in [1.29, 1.82) is 0 Å². The molecule has 1 amide bonds. The molecule has 3 aromatic rings. The average molecular weight is 432 g/mol. The summed E-state index contributed by atoms with van der Waals surface area (Å²) in [5.74, 6) is 0.893. The minimum absolute atomic E-state index is 0.00986. The highest BCUT2D eigenvalue weighted by Crippen LogP contribution is 2.46. The summed E-state index contributed by atoms with van der Waals surface area (Å²) in [6, 6.07) is 16.5. The minimum atomic E-state index is 0.00986. The van der Waals surface area contributed by atoms with Crippen molar-refractivity contribution < 1.29 is 4.79 Å². The Balaban J connectivity index is 1.42. The van der Waals surface area contributed by atoms with Crippen molar-refractivity contribution in [3.05, 3.63) is 69.6 Å². The molecular weight excluding hydrogens is 414 g/mol. The van der Waals surface area contributed by atoms with E-state index in [1.807, 2.05) is 18.2 Å². The predicted molar refractivity (Wildman–Crippen MR) is 119 cm³/mol. The van der Waals surface area contributed by atoms with Gasteiger partial charge in [-0.3, -0.25) is 4.79 Å². The molecule has 2 heterocycles. The molecule has 0 saturated heterocycles. The molecule has 6 heteroatoms. The molecule has 138 valence electrons. The van der Waals surface area contributed by atoms with Gasteiger partial charge in [0.25, 0.3) is 5.91 Å². The van der Waals surface area contributed by atoms with E-state index in [9.17, 15) is 4.79 Å². The number of carbonyl (C=O) groups excluding carboxylic acids is 1. The van der Waals surface area contributed by atoms with Crippen molar-refractivity contribution in [2.75, 3.05) is 12.8 Å². The van der Waals surface area contributed by atoms with Gasteiger partial charge in [-0.25, -0.2) is 0 Å². The van der Waals surface area contributed by atoms with Crippen LogP contribution >= 0.6 is 46.5 Å². The van der Waals surface area contributed by atoms with E-state index in [4.69, 9.17) is 11.6 Å². The standard InChI is InChI=1S/C21H18ClNOS3/c1-25-16-5-2-13(3-6-16)8-9-23-21(24)19-10-14-12-26-18-11-15(22)4-7-17(18)20(14)27-19/h2-7,10-11H,8-9,12H2,1H3,(H,23,24). The quantitative estimate of drug-likeness (QED) is 0.476. The van der Waals surface area contributed by atoms with Crippen LogP contribution in [0.2, 0.25) is 5.02 Å². The zero-order valence-corrected chi connectivity index (χ0v) is 18.0. The molecule has 1 aliphatic rings. The Morgan fingerprint density at radius 2 is 2.00 bits per heavy atom. The van der Waals surface area contributed by atoms with E-state index >= 15 is 0 Å². The number of thiophene rings is 1. The fourth-order valence-corrected chi connectivity index (χ4v) is 6.05.